The first kappa shape index (κ1) is 26.0. The first-order valence-electron chi connectivity index (χ1n) is 7.00. The van der Waals surface area contributed by atoms with Gasteiger partial charge >= 0.3 is 11.9 Å². The van der Waals surface area contributed by atoms with Gasteiger partial charge in [-0.2, -0.15) is 0 Å². The number of hydrogen-bond donors (Lipinski definition) is 7. The Morgan fingerprint density at radius 2 is 1.63 bits per heavy atom. The third-order valence-electron chi connectivity index (χ3n) is 2.39. The number of aliphatic hydroxyl groups excluding tert-OH is 4. The quantitative estimate of drug-likeness (QED) is 0.186. The first-order valence-corrected chi connectivity index (χ1v) is 7.00. The molecule has 0 aromatic carbocycles. The van der Waals surface area contributed by atoms with Crippen molar-refractivity contribution < 1.29 is 49.8 Å². The Balaban J connectivity index is 0. The fourth-order valence-corrected chi connectivity index (χ4v) is 1.07. The van der Waals surface area contributed by atoms with Crippen LogP contribution in [0.4, 0.5) is 0 Å². The van der Waals surface area contributed by atoms with E-state index >= 15 is 0 Å². The Kier molecular flexibility index (Phi) is 14.6. The van der Waals surface area contributed by atoms with Crippen LogP contribution < -0.4 is 5.73 Å². The molecule has 12 heteroatoms. The molecule has 0 saturated heterocycles. The Labute approximate surface area is 152 Å². The molecular weight excluding hydrogens is 368 g/mol. The number of aldehydes is 1. The predicted molar refractivity (Wildman–Crippen MR) is 88.3 cm³/mol. The number of hydrogen-bond acceptors (Lipinski definition) is 9. The molecule has 1 heterocycles. The number of aliphatic hydroxyl groups is 4. The molecule has 0 bridgehead atoms. The summed E-state index contributed by atoms with van der Waals surface area (Å²) in [5.74, 6) is -2.96. The van der Waals surface area contributed by atoms with Crippen molar-refractivity contribution in [1.29, 1.82) is 0 Å². The second kappa shape index (κ2) is 15.1. The van der Waals surface area contributed by atoms with Gasteiger partial charge in [-0.3, -0.25) is 9.78 Å². The van der Waals surface area contributed by atoms with Crippen molar-refractivity contribution in [3.63, 3.8) is 0 Å². The van der Waals surface area contributed by atoms with Crippen molar-refractivity contribution in [3.05, 3.63) is 42.2 Å². The van der Waals surface area contributed by atoms with Gasteiger partial charge in [-0.25, -0.2) is 9.59 Å². The smallest absolute Gasteiger partial charge is 0.328 e. The van der Waals surface area contributed by atoms with E-state index in [1.165, 1.54) is 6.20 Å². The highest BCUT2D eigenvalue weighted by atomic mass is 16.4. The monoisotopic (exact) mass is 388 g/mol. The second-order valence-electron chi connectivity index (χ2n) is 4.48. The maximum atomic E-state index is 10.4. The molecule has 3 atom stereocenters. The summed E-state index contributed by atoms with van der Waals surface area (Å²) < 4.78 is 0. The Morgan fingerprint density at radius 3 is 1.89 bits per heavy atom. The lowest BCUT2D eigenvalue weighted by Gasteiger charge is -2.16. The number of pyridine rings is 1. The number of carboxylic acid groups (broad SMARTS) is 2. The van der Waals surface area contributed by atoms with Gasteiger partial charge in [0.1, 0.15) is 18.3 Å². The molecule has 1 aromatic heterocycles. The molecule has 12 nitrogen and oxygen atoms in total. The Bertz CT molecular complexity index is 604. The lowest BCUT2D eigenvalue weighted by Crippen LogP contribution is -2.40. The van der Waals surface area contributed by atoms with Crippen LogP contribution in [-0.4, -0.2) is 84.7 Å². The number of carbonyl (C=O) groups excluding carboxylic acids is 2. The van der Waals surface area contributed by atoms with Crippen LogP contribution in [0.25, 0.3) is 0 Å². The van der Waals surface area contributed by atoms with E-state index in [1.54, 1.807) is 18.3 Å². The van der Waals surface area contributed by atoms with Crippen molar-refractivity contribution in [2.75, 3.05) is 6.61 Å². The SMILES string of the molecule is NC(=O)c1cccnc1.O=C(O)/C=C/C(=O)O.O=CC(O)C(O)C(O)CO. The number of carboxylic acids is 2. The van der Waals surface area contributed by atoms with Gasteiger partial charge in [-0.15, -0.1) is 0 Å². The topological polar surface area (TPSA) is 229 Å². The third-order valence-corrected chi connectivity index (χ3v) is 2.39. The second-order valence-corrected chi connectivity index (χ2v) is 4.48. The van der Waals surface area contributed by atoms with Gasteiger partial charge in [0, 0.05) is 24.5 Å². The minimum absolute atomic E-state index is 0.0869. The molecule has 3 unspecified atom stereocenters. The fraction of sp³-hybridized carbons (Fsp3) is 0.267. The average Bonchev–Trinajstić information content (AvgIpc) is 2.66. The van der Waals surface area contributed by atoms with E-state index in [4.69, 9.17) is 36.4 Å². The molecule has 8 N–H and O–H groups in total. The highest BCUT2D eigenvalue weighted by Crippen LogP contribution is 1.96. The predicted octanol–water partition coefficient (Wildman–Crippen LogP) is -2.85. The van der Waals surface area contributed by atoms with Crippen molar-refractivity contribution in [2.24, 2.45) is 5.73 Å². The molecule has 0 aliphatic heterocycles. The van der Waals surface area contributed by atoms with Crippen molar-refractivity contribution in [2.45, 2.75) is 18.3 Å². The molecule has 0 fully saturated rings. The van der Waals surface area contributed by atoms with Crippen LogP contribution in [-0.2, 0) is 14.4 Å². The van der Waals surface area contributed by atoms with Crippen molar-refractivity contribution >= 4 is 24.1 Å². The maximum Gasteiger partial charge on any atom is 0.328 e. The van der Waals surface area contributed by atoms with Gasteiger partial charge in [0.05, 0.1) is 12.2 Å². The summed E-state index contributed by atoms with van der Waals surface area (Å²) in [7, 11) is 0. The van der Waals surface area contributed by atoms with Gasteiger partial charge in [-0.1, -0.05) is 0 Å². The number of rotatable bonds is 7. The summed E-state index contributed by atoms with van der Waals surface area (Å²) in [6.45, 7) is -0.688. The van der Waals surface area contributed by atoms with Crippen LogP contribution in [0, 0.1) is 0 Å². The summed E-state index contributed by atoms with van der Waals surface area (Å²) in [5, 5.41) is 49.7. The van der Waals surface area contributed by atoms with Gasteiger partial charge in [-0.05, 0) is 12.1 Å². The lowest BCUT2D eigenvalue weighted by atomic mass is 10.1. The van der Waals surface area contributed by atoms with E-state index < -0.39 is 42.8 Å². The van der Waals surface area contributed by atoms with E-state index in [2.05, 4.69) is 4.98 Å². The summed E-state index contributed by atoms with van der Waals surface area (Å²) in [5.41, 5.74) is 5.38. The number of carbonyl (C=O) groups is 4. The molecule has 0 spiro atoms. The van der Waals surface area contributed by atoms with Crippen LogP contribution >= 0.6 is 0 Å². The first-order chi connectivity index (χ1) is 12.6. The summed E-state index contributed by atoms with van der Waals surface area (Å²) >= 11 is 0. The normalized spacial score (nSPS) is 13.0. The van der Waals surface area contributed by atoms with Crippen molar-refractivity contribution in [3.8, 4) is 0 Å². The summed E-state index contributed by atoms with van der Waals surface area (Å²) in [6.07, 6.45) is -0.493. The molecule has 0 radical (unpaired) electrons. The third kappa shape index (κ3) is 14.8. The maximum absolute atomic E-state index is 10.4. The zero-order chi connectivity index (χ0) is 21.4. The van der Waals surface area contributed by atoms with Crippen LogP contribution in [0.2, 0.25) is 0 Å². The van der Waals surface area contributed by atoms with E-state index in [9.17, 15) is 19.2 Å². The number of amides is 1. The van der Waals surface area contributed by atoms with Gasteiger partial charge in [0.15, 0.2) is 6.29 Å². The molecule has 0 aliphatic carbocycles. The van der Waals surface area contributed by atoms with E-state index in [-0.39, 0.29) is 6.29 Å². The fourth-order valence-electron chi connectivity index (χ4n) is 1.07. The number of aliphatic carboxylic acids is 2. The van der Waals surface area contributed by atoms with Crippen LogP contribution in [0.3, 0.4) is 0 Å². The number of nitrogens with two attached hydrogens (primary N) is 1. The standard InChI is InChI=1S/C6H6N2O.C5H10O5.C4H4O4/c7-6(9)5-2-1-3-8-4-5;6-1-3(8)5(10)4(9)2-7;5-3(6)1-2-4(7)8/h1-4H,(H2,7,9);1,3-5,7-10H,2H2;1-2H,(H,5,6)(H,7,8)/b;;2-1+. The van der Waals surface area contributed by atoms with Gasteiger partial charge in [0.25, 0.3) is 0 Å². The molecule has 150 valence electrons. The Hall–Kier alpha value is -3.19. The van der Waals surface area contributed by atoms with Crippen molar-refractivity contribution in [1.82, 2.24) is 4.98 Å². The van der Waals surface area contributed by atoms with E-state index in [0.717, 1.165) is 0 Å². The number of primary amides is 1. The van der Waals surface area contributed by atoms with E-state index in [0.29, 0.717) is 17.7 Å². The molecular formula is C15H20N2O10. The minimum Gasteiger partial charge on any atom is -0.478 e. The minimum atomic E-state index is -1.64. The van der Waals surface area contributed by atoms with Gasteiger partial charge in [0.2, 0.25) is 5.91 Å². The number of aromatic nitrogens is 1. The highest BCUT2D eigenvalue weighted by Gasteiger charge is 2.22. The highest BCUT2D eigenvalue weighted by molar-refractivity contribution is 5.92. The lowest BCUT2D eigenvalue weighted by molar-refractivity contribution is -0.134. The van der Waals surface area contributed by atoms with Crippen LogP contribution in [0.15, 0.2) is 36.7 Å². The molecule has 1 amide bonds. The molecule has 0 aliphatic rings. The molecule has 1 rings (SSSR count). The number of nitrogens with zero attached hydrogens (tertiary/aromatic N) is 1. The molecule has 1 aromatic rings. The zero-order valence-electron chi connectivity index (χ0n) is 13.8. The van der Waals surface area contributed by atoms with Gasteiger partial charge < -0.3 is 41.2 Å². The zero-order valence-corrected chi connectivity index (χ0v) is 13.8. The summed E-state index contributed by atoms with van der Waals surface area (Å²) in [4.78, 5) is 43.0. The van der Waals surface area contributed by atoms with Crippen LogP contribution in [0.5, 0.6) is 0 Å². The van der Waals surface area contributed by atoms with E-state index in [1.807, 2.05) is 0 Å². The summed E-state index contributed by atoms with van der Waals surface area (Å²) in [6, 6.07) is 3.29. The Morgan fingerprint density at radius 1 is 1.11 bits per heavy atom. The molecule has 0 saturated carbocycles. The largest absolute Gasteiger partial charge is 0.478 e. The molecule has 27 heavy (non-hydrogen) atoms. The van der Waals surface area contributed by atoms with Crippen LogP contribution in [0.1, 0.15) is 10.4 Å². The average molecular weight is 388 g/mol.